The molecule has 0 aliphatic carbocycles. The quantitative estimate of drug-likeness (QED) is 0.683. The van der Waals surface area contributed by atoms with Crippen molar-refractivity contribution in [2.45, 2.75) is 39.2 Å². The lowest BCUT2D eigenvalue weighted by molar-refractivity contribution is -0.118. The fourth-order valence-corrected chi connectivity index (χ4v) is 3.25. The Labute approximate surface area is 154 Å². The van der Waals surface area contributed by atoms with Gasteiger partial charge in [-0.05, 0) is 50.0 Å². The second-order valence-corrected chi connectivity index (χ2v) is 7.47. The van der Waals surface area contributed by atoms with E-state index in [1.54, 1.807) is 0 Å². The largest absolute Gasteiger partial charge is 0.494 e. The lowest BCUT2D eigenvalue weighted by Crippen LogP contribution is -2.29. The zero-order valence-corrected chi connectivity index (χ0v) is 15.8. The van der Waals surface area contributed by atoms with Crippen LogP contribution in [0.3, 0.4) is 0 Å². The summed E-state index contributed by atoms with van der Waals surface area (Å²) in [5.74, 6) is 0.964. The van der Waals surface area contributed by atoms with Crippen LogP contribution in [0.15, 0.2) is 24.3 Å². The van der Waals surface area contributed by atoms with Crippen molar-refractivity contribution in [3.05, 3.63) is 29.8 Å². The first kappa shape index (κ1) is 19.8. The Kier molecular flexibility index (Phi) is 8.83. The minimum Gasteiger partial charge on any atom is -0.494 e. The topological polar surface area (TPSA) is 58.6 Å². The molecule has 1 aromatic rings. The molecule has 1 aliphatic heterocycles. The van der Waals surface area contributed by atoms with Gasteiger partial charge < -0.3 is 10.1 Å². The summed E-state index contributed by atoms with van der Waals surface area (Å²) in [5.41, 5.74) is 1.29. The molecule has 0 unspecified atom stereocenters. The third-order valence-electron chi connectivity index (χ3n) is 4.07. The summed E-state index contributed by atoms with van der Waals surface area (Å²) >= 11 is 1.03. The van der Waals surface area contributed by atoms with Crippen molar-refractivity contribution in [3.63, 3.8) is 0 Å². The summed E-state index contributed by atoms with van der Waals surface area (Å²) < 4.78 is 5.79. The van der Waals surface area contributed by atoms with Crippen molar-refractivity contribution in [2.24, 2.45) is 0 Å². The van der Waals surface area contributed by atoms with Crippen LogP contribution in [-0.2, 0) is 16.1 Å². The van der Waals surface area contributed by atoms with Gasteiger partial charge in [-0.15, -0.1) is 0 Å². The molecule has 0 atom stereocenters. The molecule has 6 heteroatoms. The molecule has 2 rings (SSSR count). The molecule has 1 N–H and O–H groups in total. The molecular formula is C19H28N2O3S. The highest BCUT2D eigenvalue weighted by atomic mass is 32.2. The van der Waals surface area contributed by atoms with Gasteiger partial charge in [0.1, 0.15) is 5.75 Å². The molecule has 1 amide bonds. The second-order valence-electron chi connectivity index (χ2n) is 6.32. The van der Waals surface area contributed by atoms with Crippen molar-refractivity contribution in [3.8, 4) is 5.75 Å². The number of piperidine rings is 1. The highest BCUT2D eigenvalue weighted by Crippen LogP contribution is 2.17. The summed E-state index contributed by atoms with van der Waals surface area (Å²) in [7, 11) is 0. The van der Waals surface area contributed by atoms with E-state index >= 15 is 0 Å². The van der Waals surface area contributed by atoms with Crippen molar-refractivity contribution >= 4 is 22.8 Å². The van der Waals surface area contributed by atoms with Gasteiger partial charge in [0.2, 0.25) is 5.91 Å². The van der Waals surface area contributed by atoms with Crippen molar-refractivity contribution in [1.82, 2.24) is 10.2 Å². The molecule has 1 aromatic carbocycles. The van der Waals surface area contributed by atoms with Crippen LogP contribution >= 0.6 is 11.8 Å². The molecule has 1 heterocycles. The van der Waals surface area contributed by atoms with E-state index in [0.29, 0.717) is 13.2 Å². The first-order valence-corrected chi connectivity index (χ1v) is 9.96. The molecule has 1 aliphatic rings. The van der Waals surface area contributed by atoms with E-state index in [1.165, 1.54) is 44.8 Å². The molecule has 25 heavy (non-hydrogen) atoms. The number of hydrogen-bond acceptors (Lipinski definition) is 5. The molecular weight excluding hydrogens is 336 g/mol. The van der Waals surface area contributed by atoms with Gasteiger partial charge in [0, 0.05) is 20.0 Å². The van der Waals surface area contributed by atoms with Crippen LogP contribution in [0, 0.1) is 0 Å². The number of hydrogen-bond donors (Lipinski definition) is 1. The third kappa shape index (κ3) is 8.40. The number of nitrogens with one attached hydrogen (secondary N) is 1. The lowest BCUT2D eigenvalue weighted by atomic mass is 10.1. The highest BCUT2D eigenvalue weighted by molar-refractivity contribution is 8.14. The first-order valence-electron chi connectivity index (χ1n) is 8.97. The average molecular weight is 365 g/mol. The first-order chi connectivity index (χ1) is 12.1. The van der Waals surface area contributed by atoms with Crippen LogP contribution in [0.25, 0.3) is 0 Å². The predicted octanol–water partition coefficient (Wildman–Crippen LogP) is 2.84. The Morgan fingerprint density at radius 1 is 1.24 bits per heavy atom. The summed E-state index contributed by atoms with van der Waals surface area (Å²) in [6.45, 7) is 5.95. The van der Waals surface area contributed by atoms with Crippen molar-refractivity contribution in [1.29, 1.82) is 0 Å². The van der Waals surface area contributed by atoms with Crippen molar-refractivity contribution in [2.75, 3.05) is 32.0 Å². The van der Waals surface area contributed by atoms with Crippen LogP contribution in [0.2, 0.25) is 0 Å². The third-order valence-corrected chi connectivity index (χ3v) is 4.88. The number of thioether (sulfide) groups is 1. The normalized spacial score (nSPS) is 14.9. The Morgan fingerprint density at radius 3 is 2.80 bits per heavy atom. The number of carbonyl (C=O) groups excluding carboxylic acids is 2. The van der Waals surface area contributed by atoms with Crippen LogP contribution in [-0.4, -0.2) is 47.9 Å². The summed E-state index contributed by atoms with van der Waals surface area (Å²) in [4.78, 5) is 24.8. The van der Waals surface area contributed by atoms with Gasteiger partial charge in [-0.25, -0.2) is 0 Å². The molecule has 0 radical (unpaired) electrons. The number of ether oxygens (including phenoxy) is 1. The maximum Gasteiger partial charge on any atom is 0.230 e. The number of nitrogens with zero attached hydrogens (tertiary/aromatic N) is 1. The number of amides is 1. The smallest absolute Gasteiger partial charge is 0.230 e. The molecule has 0 saturated carbocycles. The van der Waals surface area contributed by atoms with Crippen LogP contribution in [0.4, 0.5) is 0 Å². The fourth-order valence-electron chi connectivity index (χ4n) is 2.82. The Balaban J connectivity index is 1.63. The minimum absolute atomic E-state index is 0.0390. The molecule has 0 spiro atoms. The zero-order valence-electron chi connectivity index (χ0n) is 15.0. The maximum absolute atomic E-state index is 11.5. The van der Waals surface area contributed by atoms with Gasteiger partial charge in [0.25, 0.3) is 0 Å². The zero-order chi connectivity index (χ0) is 17.9. The van der Waals surface area contributed by atoms with E-state index < -0.39 is 0 Å². The standard InChI is InChI=1S/C19H28N2O3S/c1-16(22)25-15-19(23)20-9-6-12-24-18-8-5-7-17(13-18)14-21-10-3-2-4-11-21/h5,7-8,13H,2-4,6,9-12,14-15H2,1H3,(H,20,23). The maximum atomic E-state index is 11.5. The molecule has 138 valence electrons. The van der Waals surface area contributed by atoms with Crippen LogP contribution < -0.4 is 10.1 Å². The summed E-state index contributed by atoms with van der Waals surface area (Å²) in [6, 6.07) is 8.27. The van der Waals surface area contributed by atoms with Crippen LogP contribution in [0.1, 0.15) is 38.2 Å². The monoisotopic (exact) mass is 364 g/mol. The number of rotatable bonds is 9. The molecule has 0 aromatic heterocycles. The number of benzene rings is 1. The van der Waals surface area contributed by atoms with E-state index in [4.69, 9.17) is 4.74 Å². The van der Waals surface area contributed by atoms with Gasteiger partial charge >= 0.3 is 0 Å². The van der Waals surface area contributed by atoms with Gasteiger partial charge in [0.05, 0.1) is 12.4 Å². The van der Waals surface area contributed by atoms with Gasteiger partial charge in [-0.2, -0.15) is 0 Å². The van der Waals surface area contributed by atoms with E-state index in [9.17, 15) is 9.59 Å². The molecule has 0 bridgehead atoms. The summed E-state index contributed by atoms with van der Waals surface area (Å²) in [6.07, 6.45) is 4.69. The van der Waals surface area contributed by atoms with Gasteiger partial charge in [-0.3, -0.25) is 14.5 Å². The number of carbonyl (C=O) groups is 2. The second kappa shape index (κ2) is 11.2. The van der Waals surface area contributed by atoms with E-state index in [2.05, 4.69) is 22.3 Å². The minimum atomic E-state index is -0.108. The molecule has 5 nitrogen and oxygen atoms in total. The Bertz CT molecular complexity index is 559. The predicted molar refractivity (Wildman–Crippen MR) is 102 cm³/mol. The van der Waals surface area contributed by atoms with E-state index in [-0.39, 0.29) is 16.8 Å². The summed E-state index contributed by atoms with van der Waals surface area (Å²) in [5, 5.41) is 2.75. The van der Waals surface area contributed by atoms with Gasteiger partial charge in [-0.1, -0.05) is 30.3 Å². The van der Waals surface area contributed by atoms with E-state index in [0.717, 1.165) is 30.5 Å². The molecule has 1 fully saturated rings. The SMILES string of the molecule is CC(=O)SCC(=O)NCCCOc1cccc(CN2CCCCC2)c1. The number of likely N-dealkylation sites (tertiary alicyclic amines) is 1. The highest BCUT2D eigenvalue weighted by Gasteiger charge is 2.10. The van der Waals surface area contributed by atoms with E-state index in [1.807, 2.05) is 12.1 Å². The Morgan fingerprint density at radius 2 is 2.04 bits per heavy atom. The Hall–Kier alpha value is -1.53. The van der Waals surface area contributed by atoms with Gasteiger partial charge in [0.15, 0.2) is 5.12 Å². The average Bonchev–Trinajstić information content (AvgIpc) is 2.61. The fraction of sp³-hybridized carbons (Fsp3) is 0.579. The van der Waals surface area contributed by atoms with Crippen LogP contribution in [0.5, 0.6) is 5.75 Å². The lowest BCUT2D eigenvalue weighted by Gasteiger charge is -2.26. The molecule has 1 saturated heterocycles. The van der Waals surface area contributed by atoms with Crippen molar-refractivity contribution < 1.29 is 14.3 Å².